The van der Waals surface area contributed by atoms with Crippen LogP contribution in [0.1, 0.15) is 20.3 Å². The van der Waals surface area contributed by atoms with Crippen LogP contribution in [0.2, 0.25) is 0 Å². The molecule has 2 N–H and O–H groups in total. The first-order valence-corrected chi connectivity index (χ1v) is 4.34. The second kappa shape index (κ2) is 7.50. The van der Waals surface area contributed by atoms with Crippen molar-refractivity contribution in [1.82, 2.24) is 0 Å². The van der Waals surface area contributed by atoms with Crippen molar-refractivity contribution in [2.24, 2.45) is 10.7 Å². The summed E-state index contributed by atoms with van der Waals surface area (Å²) >= 11 is 0. The molecule has 0 atom stereocenters. The van der Waals surface area contributed by atoms with Crippen molar-refractivity contribution in [3.05, 3.63) is 36.0 Å². The molecule has 0 spiro atoms. The van der Waals surface area contributed by atoms with E-state index in [-0.39, 0.29) is 0 Å². The van der Waals surface area contributed by atoms with Crippen molar-refractivity contribution in [3.63, 3.8) is 0 Å². The minimum absolute atomic E-state index is 0.338. The van der Waals surface area contributed by atoms with Crippen LogP contribution in [0.4, 0.5) is 0 Å². The van der Waals surface area contributed by atoms with Gasteiger partial charge in [0.15, 0.2) is 0 Å². The lowest BCUT2D eigenvalue weighted by atomic mass is 10.1. The lowest BCUT2D eigenvalue weighted by Crippen LogP contribution is -1.92. The lowest BCUT2D eigenvalue weighted by Gasteiger charge is -1.93. The second-order valence-corrected chi connectivity index (χ2v) is 3.02. The highest BCUT2D eigenvalue weighted by atomic mass is 14.8. The number of nitrogens with zero attached hydrogens (tertiary/aromatic N) is 1. The van der Waals surface area contributed by atoms with Gasteiger partial charge in [0.25, 0.3) is 0 Å². The first kappa shape index (κ1) is 11.8. The Morgan fingerprint density at radius 1 is 1.46 bits per heavy atom. The fourth-order valence-corrected chi connectivity index (χ4v) is 0.704. The summed E-state index contributed by atoms with van der Waals surface area (Å²) in [5.41, 5.74) is 7.56. The van der Waals surface area contributed by atoms with Gasteiger partial charge < -0.3 is 5.73 Å². The van der Waals surface area contributed by atoms with Gasteiger partial charge in [0, 0.05) is 6.21 Å². The van der Waals surface area contributed by atoms with Crippen LogP contribution in [0.3, 0.4) is 0 Å². The molecule has 0 radical (unpaired) electrons. The van der Waals surface area contributed by atoms with Crippen LogP contribution in [0.15, 0.2) is 40.9 Å². The highest BCUT2D eigenvalue weighted by Gasteiger charge is 1.83. The summed E-state index contributed by atoms with van der Waals surface area (Å²) in [5, 5.41) is 0. The molecule has 13 heavy (non-hydrogen) atoms. The van der Waals surface area contributed by atoms with E-state index in [4.69, 9.17) is 5.73 Å². The molecule has 0 saturated carbocycles. The zero-order chi connectivity index (χ0) is 10.1. The van der Waals surface area contributed by atoms with Gasteiger partial charge in [0.2, 0.25) is 0 Å². The normalized spacial score (nSPS) is 11.0. The fraction of sp³-hybridized carbons (Fsp3) is 0.364. The number of hydrogen-bond acceptors (Lipinski definition) is 2. The monoisotopic (exact) mass is 178 g/mol. The van der Waals surface area contributed by atoms with Crippen LogP contribution < -0.4 is 5.73 Å². The van der Waals surface area contributed by atoms with Crippen molar-refractivity contribution in [2.45, 2.75) is 20.3 Å². The van der Waals surface area contributed by atoms with E-state index in [9.17, 15) is 0 Å². The molecule has 0 aliphatic rings. The summed E-state index contributed by atoms with van der Waals surface area (Å²) < 4.78 is 0. The van der Waals surface area contributed by atoms with Gasteiger partial charge in [-0.25, -0.2) is 0 Å². The Balaban J connectivity index is 3.81. The molecule has 0 rings (SSSR count). The number of allylic oxidation sites excluding steroid dienone is 5. The Hall–Kier alpha value is -1.15. The third kappa shape index (κ3) is 8.76. The number of rotatable bonds is 5. The van der Waals surface area contributed by atoms with Crippen molar-refractivity contribution in [2.75, 3.05) is 6.67 Å². The van der Waals surface area contributed by atoms with E-state index in [0.29, 0.717) is 6.67 Å². The molecule has 0 bridgehead atoms. The Labute approximate surface area is 80.6 Å². The average molecular weight is 178 g/mol. The molecule has 2 nitrogen and oxygen atoms in total. The maximum absolute atomic E-state index is 5.18. The van der Waals surface area contributed by atoms with Gasteiger partial charge in [0.1, 0.15) is 0 Å². The summed E-state index contributed by atoms with van der Waals surface area (Å²) in [6, 6.07) is 0. The first-order valence-electron chi connectivity index (χ1n) is 4.34. The molecular formula is C11H18N2. The molecule has 0 heterocycles. The van der Waals surface area contributed by atoms with E-state index in [1.54, 1.807) is 6.21 Å². The number of nitrogens with two attached hydrogens (primary N) is 1. The van der Waals surface area contributed by atoms with E-state index in [1.165, 1.54) is 5.57 Å². The summed E-state index contributed by atoms with van der Waals surface area (Å²) in [6.45, 7) is 8.39. The Morgan fingerprint density at radius 3 is 2.69 bits per heavy atom. The molecule has 0 aromatic carbocycles. The smallest absolute Gasteiger partial charge is 0.0859 e. The van der Waals surface area contributed by atoms with Crippen LogP contribution in [-0.4, -0.2) is 12.9 Å². The highest BCUT2D eigenvalue weighted by Crippen LogP contribution is 2.03. The molecule has 0 aliphatic heterocycles. The zero-order valence-corrected chi connectivity index (χ0v) is 8.46. The standard InChI is InChI=1S/C11H18N2/c1-10(2)6-7-11(3)5-4-8-13-9-12/h4-6,8H,3,7,9,12H2,1-2H3/b5-4-,13-8?. The maximum atomic E-state index is 5.18. The largest absolute Gasteiger partial charge is 0.312 e. The minimum atomic E-state index is 0.338. The zero-order valence-electron chi connectivity index (χ0n) is 8.46. The lowest BCUT2D eigenvalue weighted by molar-refractivity contribution is 1.08. The van der Waals surface area contributed by atoms with Gasteiger partial charge in [-0.05, 0) is 26.3 Å². The SMILES string of the molecule is C=C(/C=C\C=NCN)CC=C(C)C. The predicted molar refractivity (Wildman–Crippen MR) is 59.9 cm³/mol. The topological polar surface area (TPSA) is 38.4 Å². The van der Waals surface area contributed by atoms with Crippen molar-refractivity contribution in [3.8, 4) is 0 Å². The van der Waals surface area contributed by atoms with Gasteiger partial charge in [-0.2, -0.15) is 0 Å². The van der Waals surface area contributed by atoms with Crippen molar-refractivity contribution < 1.29 is 0 Å². The third-order valence-corrected chi connectivity index (χ3v) is 1.40. The molecular weight excluding hydrogens is 160 g/mol. The fourth-order valence-electron chi connectivity index (χ4n) is 0.704. The van der Waals surface area contributed by atoms with Gasteiger partial charge in [-0.3, -0.25) is 4.99 Å². The quantitative estimate of drug-likeness (QED) is 0.392. The van der Waals surface area contributed by atoms with Gasteiger partial charge in [0.05, 0.1) is 6.67 Å². The molecule has 72 valence electrons. The Bertz CT molecular complexity index is 230. The van der Waals surface area contributed by atoms with Gasteiger partial charge in [-0.1, -0.05) is 29.9 Å². The number of hydrogen-bond donors (Lipinski definition) is 1. The Morgan fingerprint density at radius 2 is 2.15 bits per heavy atom. The minimum Gasteiger partial charge on any atom is -0.312 e. The summed E-state index contributed by atoms with van der Waals surface area (Å²) in [5.74, 6) is 0. The molecule has 0 saturated heterocycles. The van der Waals surface area contributed by atoms with E-state index >= 15 is 0 Å². The van der Waals surface area contributed by atoms with Crippen molar-refractivity contribution in [1.29, 1.82) is 0 Å². The number of aliphatic imine (C=N–C) groups is 1. The van der Waals surface area contributed by atoms with E-state index < -0.39 is 0 Å². The Kier molecular flexibility index (Phi) is 6.83. The molecule has 0 fully saturated rings. The maximum Gasteiger partial charge on any atom is 0.0859 e. The average Bonchev–Trinajstić information content (AvgIpc) is 2.09. The van der Waals surface area contributed by atoms with Crippen LogP contribution in [0, 0.1) is 0 Å². The summed E-state index contributed by atoms with van der Waals surface area (Å²) in [7, 11) is 0. The molecule has 0 unspecified atom stereocenters. The van der Waals surface area contributed by atoms with Crippen molar-refractivity contribution >= 4 is 6.21 Å². The molecule has 0 aromatic rings. The highest BCUT2D eigenvalue weighted by molar-refractivity contribution is 5.71. The third-order valence-electron chi connectivity index (χ3n) is 1.40. The van der Waals surface area contributed by atoms with Gasteiger partial charge >= 0.3 is 0 Å². The molecule has 0 aromatic heterocycles. The predicted octanol–water partition coefficient (Wildman–Crippen LogP) is 2.44. The van der Waals surface area contributed by atoms with E-state index in [2.05, 4.69) is 31.5 Å². The molecule has 2 heteroatoms. The molecule has 0 amide bonds. The summed E-state index contributed by atoms with van der Waals surface area (Å²) in [6.07, 6.45) is 8.53. The van der Waals surface area contributed by atoms with Crippen LogP contribution in [0.5, 0.6) is 0 Å². The van der Waals surface area contributed by atoms with Gasteiger partial charge in [-0.15, -0.1) is 0 Å². The summed E-state index contributed by atoms with van der Waals surface area (Å²) in [4.78, 5) is 3.85. The second-order valence-electron chi connectivity index (χ2n) is 3.02. The van der Waals surface area contributed by atoms with Crippen LogP contribution >= 0.6 is 0 Å². The van der Waals surface area contributed by atoms with Crippen LogP contribution in [-0.2, 0) is 0 Å². The van der Waals surface area contributed by atoms with E-state index in [1.807, 2.05) is 12.2 Å². The molecule has 0 aliphatic carbocycles. The first-order chi connectivity index (χ1) is 6.16. The van der Waals surface area contributed by atoms with E-state index in [0.717, 1.165) is 12.0 Å². The van der Waals surface area contributed by atoms with Crippen LogP contribution in [0.25, 0.3) is 0 Å².